The summed E-state index contributed by atoms with van der Waals surface area (Å²) in [6.07, 6.45) is 1.40. The lowest BCUT2D eigenvalue weighted by atomic mass is 10.1. The first-order valence-corrected chi connectivity index (χ1v) is 9.79. The van der Waals surface area contributed by atoms with E-state index in [0.717, 1.165) is 30.0 Å². The summed E-state index contributed by atoms with van der Waals surface area (Å²) in [6, 6.07) is 14.6. The maximum atomic E-state index is 12.4. The van der Waals surface area contributed by atoms with Crippen LogP contribution in [0.15, 0.2) is 54.2 Å². The number of anilines is 4. The number of nitrogens with zero attached hydrogens (tertiary/aromatic N) is 2. The van der Waals surface area contributed by atoms with E-state index in [2.05, 4.69) is 40.8 Å². The molecule has 0 aliphatic carbocycles. The second kappa shape index (κ2) is 12.3. The molecule has 0 fully saturated rings. The molecule has 0 bridgehead atoms. The molecule has 164 valence electrons. The van der Waals surface area contributed by atoms with Gasteiger partial charge in [-0.05, 0) is 68.8 Å². The van der Waals surface area contributed by atoms with Crippen LogP contribution in [0.2, 0.25) is 0 Å². The Bertz CT molecular complexity index is 976. The summed E-state index contributed by atoms with van der Waals surface area (Å²) >= 11 is 0. The van der Waals surface area contributed by atoms with Crippen molar-refractivity contribution in [1.82, 2.24) is 0 Å². The Morgan fingerprint density at radius 1 is 1.03 bits per heavy atom. The van der Waals surface area contributed by atoms with E-state index in [1.54, 1.807) is 24.3 Å². The predicted octanol–water partition coefficient (Wildman–Crippen LogP) is 1.26. The normalized spacial score (nSPS) is 10.4. The molecule has 0 aliphatic heterocycles. The minimum absolute atomic E-state index is 0. The Kier molecular flexibility index (Phi) is 10.1. The third-order valence-electron chi connectivity index (χ3n) is 4.54. The first kappa shape index (κ1) is 25.5. The first-order chi connectivity index (χ1) is 14.4. The molecule has 31 heavy (non-hydrogen) atoms. The van der Waals surface area contributed by atoms with Gasteiger partial charge < -0.3 is 33.3 Å². The van der Waals surface area contributed by atoms with Crippen LogP contribution in [0.4, 0.5) is 22.7 Å². The molecule has 8 heteroatoms. The molecule has 0 saturated heterocycles. The monoisotopic (exact) mass is 440 g/mol. The van der Waals surface area contributed by atoms with Crippen molar-refractivity contribution in [3.63, 3.8) is 0 Å². The number of benzene rings is 2. The molecule has 2 amide bonds. The van der Waals surface area contributed by atoms with Crippen LogP contribution in [0.25, 0.3) is 0 Å². The van der Waals surface area contributed by atoms with Crippen molar-refractivity contribution in [2.45, 2.75) is 27.7 Å². The van der Waals surface area contributed by atoms with Crippen molar-refractivity contribution >= 4 is 34.6 Å². The minimum atomic E-state index is -0.519. The molecule has 2 rings (SSSR count). The molecule has 2 aromatic carbocycles. The van der Waals surface area contributed by atoms with Gasteiger partial charge in [0.2, 0.25) is 5.91 Å². The fourth-order valence-electron chi connectivity index (χ4n) is 2.93. The molecule has 0 unspecified atom stereocenters. The zero-order valence-corrected chi connectivity index (χ0v) is 18.9. The van der Waals surface area contributed by atoms with Crippen LogP contribution in [0, 0.1) is 18.3 Å². The number of carbonyl (C=O) groups excluding carboxylic acids is 2. The van der Waals surface area contributed by atoms with Gasteiger partial charge in [-0.25, -0.2) is 0 Å². The van der Waals surface area contributed by atoms with E-state index in [1.807, 2.05) is 25.1 Å². The van der Waals surface area contributed by atoms with E-state index in [-0.39, 0.29) is 23.9 Å². The van der Waals surface area contributed by atoms with Gasteiger partial charge in [-0.2, -0.15) is 5.26 Å². The summed E-state index contributed by atoms with van der Waals surface area (Å²) in [6.45, 7) is 9.47. The van der Waals surface area contributed by atoms with Gasteiger partial charge in [-0.3, -0.25) is 9.59 Å². The Morgan fingerprint density at radius 2 is 1.61 bits per heavy atom. The molecule has 0 heterocycles. The fraction of sp³-hybridized carbons (Fsp3) is 0.261. The Balaban J connectivity index is 0.00000480. The maximum Gasteiger partial charge on any atom is 0.267 e. The summed E-state index contributed by atoms with van der Waals surface area (Å²) in [5.41, 5.74) is 4.08. The van der Waals surface area contributed by atoms with Crippen LogP contribution in [0.3, 0.4) is 0 Å². The third kappa shape index (κ3) is 7.36. The summed E-state index contributed by atoms with van der Waals surface area (Å²) in [4.78, 5) is 25.7. The lowest BCUT2D eigenvalue weighted by molar-refractivity contribution is -0.114. The number of aryl methyl sites for hydroxylation is 1. The topological polar surface area (TPSA) is 97.3 Å². The Morgan fingerprint density at radius 3 is 2.10 bits per heavy atom. The smallest absolute Gasteiger partial charge is 0.267 e. The van der Waals surface area contributed by atoms with Crippen molar-refractivity contribution in [2.75, 3.05) is 33.9 Å². The van der Waals surface area contributed by atoms with Gasteiger partial charge in [-0.1, -0.05) is 0 Å². The van der Waals surface area contributed by atoms with E-state index < -0.39 is 5.91 Å². The summed E-state index contributed by atoms with van der Waals surface area (Å²) in [5, 5.41) is 17.8. The van der Waals surface area contributed by atoms with Gasteiger partial charge in [0, 0.05) is 49.0 Å². The van der Waals surface area contributed by atoms with Crippen molar-refractivity contribution in [3.05, 3.63) is 59.8 Å². The zero-order chi connectivity index (χ0) is 22.1. The van der Waals surface area contributed by atoms with Gasteiger partial charge in [0.05, 0.1) is 0 Å². The Labute approximate surface area is 189 Å². The summed E-state index contributed by atoms with van der Waals surface area (Å²) in [7, 11) is 0. The van der Waals surface area contributed by atoms with Gasteiger partial charge in [0.15, 0.2) is 0 Å². The minimum Gasteiger partial charge on any atom is -1.00 e. The van der Waals surface area contributed by atoms with Crippen LogP contribution in [0.5, 0.6) is 0 Å². The Hall–Kier alpha value is -3.50. The molecule has 0 saturated carbocycles. The number of hydrogen-bond donors (Lipinski definition) is 3. The van der Waals surface area contributed by atoms with Crippen LogP contribution in [-0.4, -0.2) is 24.9 Å². The van der Waals surface area contributed by atoms with Crippen molar-refractivity contribution in [2.24, 2.45) is 0 Å². The van der Waals surface area contributed by atoms with E-state index in [9.17, 15) is 14.9 Å². The molecule has 0 spiro atoms. The number of nitrogens with one attached hydrogen (secondary N) is 3. The first-order valence-electron chi connectivity index (χ1n) is 9.79. The quantitative estimate of drug-likeness (QED) is 0.424. The number of carbonyl (C=O) groups is 2. The number of hydrogen-bond acceptors (Lipinski definition) is 5. The standard InChI is InChI=1S/C23H27N5O2.ClH/c1-5-28(6-2)21-11-12-22(16(3)13-21)25-15-18(14-24)23(30)27-20-9-7-19(8-10-20)26-17(4)29;/h7-13,15,25H,5-6H2,1-4H3,(H,26,29)(H,27,30);1H/p-1/b18-15-;. The number of nitriles is 1. The van der Waals surface area contributed by atoms with Crippen molar-refractivity contribution in [3.8, 4) is 6.07 Å². The highest BCUT2D eigenvalue weighted by Gasteiger charge is 2.10. The molecule has 0 aromatic heterocycles. The van der Waals surface area contributed by atoms with E-state index in [4.69, 9.17) is 0 Å². The molecular weight excluding hydrogens is 414 g/mol. The molecule has 0 aliphatic rings. The van der Waals surface area contributed by atoms with Gasteiger partial charge in [-0.15, -0.1) is 0 Å². The van der Waals surface area contributed by atoms with Gasteiger partial charge >= 0.3 is 0 Å². The summed E-state index contributed by atoms with van der Waals surface area (Å²) < 4.78 is 0. The predicted molar refractivity (Wildman–Crippen MR) is 121 cm³/mol. The average Bonchev–Trinajstić information content (AvgIpc) is 2.71. The highest BCUT2D eigenvalue weighted by atomic mass is 35.5. The van der Waals surface area contributed by atoms with Crippen molar-refractivity contribution < 1.29 is 22.0 Å². The lowest BCUT2D eigenvalue weighted by Gasteiger charge is -2.22. The number of amides is 2. The molecule has 0 radical (unpaired) electrons. The van der Waals surface area contributed by atoms with E-state index in [1.165, 1.54) is 13.1 Å². The van der Waals surface area contributed by atoms with Crippen LogP contribution in [-0.2, 0) is 9.59 Å². The zero-order valence-electron chi connectivity index (χ0n) is 18.1. The van der Waals surface area contributed by atoms with Gasteiger partial charge in [0.1, 0.15) is 11.6 Å². The highest BCUT2D eigenvalue weighted by molar-refractivity contribution is 6.06. The molecular formula is C23H27ClN5O2-. The fourth-order valence-corrected chi connectivity index (χ4v) is 2.93. The van der Waals surface area contributed by atoms with E-state index >= 15 is 0 Å². The van der Waals surface area contributed by atoms with Crippen LogP contribution >= 0.6 is 0 Å². The maximum absolute atomic E-state index is 12.4. The largest absolute Gasteiger partial charge is 1.00 e. The van der Waals surface area contributed by atoms with Gasteiger partial charge in [0.25, 0.3) is 5.91 Å². The lowest BCUT2D eigenvalue weighted by Crippen LogP contribution is -3.00. The van der Waals surface area contributed by atoms with Crippen LogP contribution in [0.1, 0.15) is 26.3 Å². The molecule has 3 N–H and O–H groups in total. The molecule has 7 nitrogen and oxygen atoms in total. The second-order valence-electron chi connectivity index (χ2n) is 6.70. The van der Waals surface area contributed by atoms with Crippen LogP contribution < -0.4 is 33.3 Å². The summed E-state index contributed by atoms with van der Waals surface area (Å²) in [5.74, 6) is -0.692. The van der Waals surface area contributed by atoms with Crippen molar-refractivity contribution in [1.29, 1.82) is 5.26 Å². The third-order valence-corrected chi connectivity index (χ3v) is 4.54. The molecule has 0 atom stereocenters. The van der Waals surface area contributed by atoms with E-state index in [0.29, 0.717) is 11.4 Å². The number of halogens is 1. The average molecular weight is 441 g/mol. The second-order valence-corrected chi connectivity index (χ2v) is 6.70. The SMILES string of the molecule is CCN(CC)c1ccc(N/C=C(/C#N)C(=O)Nc2ccc(NC(C)=O)cc2)c(C)c1.[Cl-]. The highest BCUT2D eigenvalue weighted by Crippen LogP contribution is 2.23. The number of rotatable bonds is 8. The molecule has 2 aromatic rings.